The Balaban J connectivity index is 3.59. The van der Waals surface area contributed by atoms with Crippen molar-refractivity contribution in [3.05, 3.63) is 10.1 Å². The molecule has 0 aromatic carbocycles. The zero-order chi connectivity index (χ0) is 10.1. The second kappa shape index (κ2) is 7.94. The maximum absolute atomic E-state index is 10.2. The van der Waals surface area contributed by atoms with E-state index in [-0.39, 0.29) is 30.6 Å². The molecular weight excluding hydrogens is 174 g/mol. The molecule has 0 aromatic rings. The molecule has 0 fully saturated rings. The van der Waals surface area contributed by atoms with E-state index in [1.807, 2.05) is 0 Å². The Morgan fingerprint density at radius 2 is 1.85 bits per heavy atom. The summed E-state index contributed by atoms with van der Waals surface area (Å²) < 4.78 is 0. The summed E-state index contributed by atoms with van der Waals surface area (Å²) in [6, 6.07) is 0. The number of aliphatic hydroxyl groups excluding tert-OH is 2. The van der Waals surface area contributed by atoms with Crippen LogP contribution in [-0.2, 0) is 0 Å². The van der Waals surface area contributed by atoms with E-state index in [4.69, 9.17) is 10.2 Å². The van der Waals surface area contributed by atoms with E-state index in [1.54, 1.807) is 0 Å². The first kappa shape index (κ1) is 12.3. The van der Waals surface area contributed by atoms with Gasteiger partial charge in [-0.15, -0.1) is 0 Å². The third kappa shape index (κ3) is 7.67. The molecule has 1 unspecified atom stereocenters. The maximum atomic E-state index is 10.2. The highest BCUT2D eigenvalue weighted by molar-refractivity contribution is 4.57. The molecule has 0 aliphatic carbocycles. The van der Waals surface area contributed by atoms with E-state index in [9.17, 15) is 10.1 Å². The summed E-state index contributed by atoms with van der Waals surface area (Å²) in [6.07, 6.45) is 2.66. The van der Waals surface area contributed by atoms with Crippen molar-refractivity contribution in [2.24, 2.45) is 5.92 Å². The van der Waals surface area contributed by atoms with E-state index in [0.717, 1.165) is 6.42 Å². The normalized spacial score (nSPS) is 12.8. The van der Waals surface area contributed by atoms with Gasteiger partial charge in [-0.25, -0.2) is 0 Å². The lowest BCUT2D eigenvalue weighted by molar-refractivity contribution is -0.488. The predicted octanol–water partition coefficient (Wildman–Crippen LogP) is 0.424. The first-order valence-electron chi connectivity index (χ1n) is 4.54. The number of hydrogen-bond donors (Lipinski definition) is 2. The summed E-state index contributed by atoms with van der Waals surface area (Å²) in [5.74, 6) is -0.0495. The summed E-state index contributed by atoms with van der Waals surface area (Å²) in [7, 11) is 0. The molecule has 0 spiro atoms. The van der Waals surface area contributed by atoms with Gasteiger partial charge in [0.05, 0.1) is 0 Å². The Labute approximate surface area is 77.5 Å². The average Bonchev–Trinajstić information content (AvgIpc) is 2.04. The second-order valence-corrected chi connectivity index (χ2v) is 3.11. The number of unbranched alkanes of at least 4 members (excludes halogenated alkanes) is 1. The lowest BCUT2D eigenvalue weighted by Gasteiger charge is -2.09. The fourth-order valence-corrected chi connectivity index (χ4v) is 1.27. The van der Waals surface area contributed by atoms with E-state index < -0.39 is 0 Å². The highest BCUT2D eigenvalue weighted by Crippen LogP contribution is 2.12. The largest absolute Gasteiger partial charge is 0.396 e. The molecule has 0 amide bonds. The van der Waals surface area contributed by atoms with Crippen molar-refractivity contribution in [2.75, 3.05) is 19.8 Å². The first-order chi connectivity index (χ1) is 6.20. The lowest BCUT2D eigenvalue weighted by Crippen LogP contribution is -2.15. The number of nitro groups is 1. The Morgan fingerprint density at radius 1 is 1.15 bits per heavy atom. The van der Waals surface area contributed by atoms with Crippen molar-refractivity contribution in [2.45, 2.75) is 25.7 Å². The van der Waals surface area contributed by atoms with Gasteiger partial charge in [-0.3, -0.25) is 10.1 Å². The third-order valence-electron chi connectivity index (χ3n) is 1.97. The van der Waals surface area contributed by atoms with Crippen LogP contribution in [0.3, 0.4) is 0 Å². The van der Waals surface area contributed by atoms with Crippen LogP contribution in [0, 0.1) is 16.0 Å². The molecule has 0 bridgehead atoms. The monoisotopic (exact) mass is 191 g/mol. The summed E-state index contributed by atoms with van der Waals surface area (Å²) in [4.78, 5) is 9.84. The Morgan fingerprint density at radius 3 is 2.31 bits per heavy atom. The molecule has 0 rings (SSSR count). The van der Waals surface area contributed by atoms with Gasteiger partial charge < -0.3 is 10.2 Å². The zero-order valence-corrected chi connectivity index (χ0v) is 7.69. The molecular formula is C8H17NO4. The highest BCUT2D eigenvalue weighted by Gasteiger charge is 2.13. The molecule has 0 radical (unpaired) electrons. The Hall–Kier alpha value is -0.680. The average molecular weight is 191 g/mol. The van der Waals surface area contributed by atoms with Crippen molar-refractivity contribution < 1.29 is 15.1 Å². The minimum Gasteiger partial charge on any atom is -0.396 e. The van der Waals surface area contributed by atoms with Gasteiger partial charge in [-0.1, -0.05) is 6.42 Å². The smallest absolute Gasteiger partial charge is 0.206 e. The summed E-state index contributed by atoms with van der Waals surface area (Å²) in [5.41, 5.74) is 0. The zero-order valence-electron chi connectivity index (χ0n) is 7.69. The van der Waals surface area contributed by atoms with Crippen LogP contribution in [0.5, 0.6) is 0 Å². The van der Waals surface area contributed by atoms with Gasteiger partial charge in [-0.2, -0.15) is 0 Å². The van der Waals surface area contributed by atoms with Crippen molar-refractivity contribution in [3.8, 4) is 0 Å². The first-order valence-corrected chi connectivity index (χ1v) is 4.54. The molecule has 1 atom stereocenters. The quantitative estimate of drug-likeness (QED) is 0.331. The standard InChI is InChI=1S/C8H17NO4/c10-5-2-1-3-8(4-6-11)7-9(12)13/h8,10-11H,1-7H2. The van der Waals surface area contributed by atoms with Crippen molar-refractivity contribution in [1.82, 2.24) is 0 Å². The van der Waals surface area contributed by atoms with Crippen LogP contribution in [0.25, 0.3) is 0 Å². The maximum Gasteiger partial charge on any atom is 0.206 e. The minimum atomic E-state index is -0.348. The number of nitrogens with zero attached hydrogens (tertiary/aromatic N) is 1. The van der Waals surface area contributed by atoms with E-state index in [1.165, 1.54) is 0 Å². The van der Waals surface area contributed by atoms with Crippen LogP contribution >= 0.6 is 0 Å². The van der Waals surface area contributed by atoms with Gasteiger partial charge in [0.1, 0.15) is 0 Å². The molecule has 0 aliphatic rings. The number of hydrogen-bond acceptors (Lipinski definition) is 4. The fraction of sp³-hybridized carbons (Fsp3) is 1.00. The predicted molar refractivity (Wildman–Crippen MR) is 48.0 cm³/mol. The molecule has 78 valence electrons. The third-order valence-corrected chi connectivity index (χ3v) is 1.97. The second-order valence-electron chi connectivity index (χ2n) is 3.11. The van der Waals surface area contributed by atoms with E-state index in [0.29, 0.717) is 19.3 Å². The number of aliphatic hydroxyl groups is 2. The van der Waals surface area contributed by atoms with Gasteiger partial charge in [0, 0.05) is 24.1 Å². The van der Waals surface area contributed by atoms with Crippen molar-refractivity contribution in [3.63, 3.8) is 0 Å². The van der Waals surface area contributed by atoms with Crippen LogP contribution in [0.4, 0.5) is 0 Å². The number of rotatable bonds is 8. The van der Waals surface area contributed by atoms with Crippen LogP contribution < -0.4 is 0 Å². The van der Waals surface area contributed by atoms with Crippen LogP contribution in [0.2, 0.25) is 0 Å². The molecule has 0 heterocycles. The summed E-state index contributed by atoms with van der Waals surface area (Å²) in [5, 5.41) is 27.3. The topological polar surface area (TPSA) is 83.6 Å². The van der Waals surface area contributed by atoms with Crippen LogP contribution in [-0.4, -0.2) is 34.9 Å². The Kier molecular flexibility index (Phi) is 7.53. The molecule has 0 aliphatic heterocycles. The van der Waals surface area contributed by atoms with Crippen LogP contribution in [0.15, 0.2) is 0 Å². The van der Waals surface area contributed by atoms with Gasteiger partial charge in [-0.05, 0) is 19.3 Å². The van der Waals surface area contributed by atoms with Crippen molar-refractivity contribution in [1.29, 1.82) is 0 Å². The van der Waals surface area contributed by atoms with Gasteiger partial charge >= 0.3 is 0 Å². The lowest BCUT2D eigenvalue weighted by atomic mass is 9.99. The molecule has 5 nitrogen and oxygen atoms in total. The van der Waals surface area contributed by atoms with E-state index in [2.05, 4.69) is 0 Å². The fourth-order valence-electron chi connectivity index (χ4n) is 1.27. The SMILES string of the molecule is O=[N+]([O-])CC(CCO)CCCCO. The van der Waals surface area contributed by atoms with Gasteiger partial charge in [0.15, 0.2) is 0 Å². The van der Waals surface area contributed by atoms with Gasteiger partial charge in [0.2, 0.25) is 6.54 Å². The van der Waals surface area contributed by atoms with Crippen molar-refractivity contribution >= 4 is 0 Å². The molecule has 0 aromatic heterocycles. The molecule has 2 N–H and O–H groups in total. The minimum absolute atomic E-state index is 0.00235. The molecule has 13 heavy (non-hydrogen) atoms. The molecule has 0 saturated carbocycles. The van der Waals surface area contributed by atoms with Crippen LogP contribution in [0.1, 0.15) is 25.7 Å². The summed E-state index contributed by atoms with van der Waals surface area (Å²) in [6.45, 7) is 0.0495. The van der Waals surface area contributed by atoms with Gasteiger partial charge in [0.25, 0.3) is 0 Å². The molecule has 0 saturated heterocycles. The Bertz CT molecular complexity index is 140. The molecule has 5 heteroatoms. The summed E-state index contributed by atoms with van der Waals surface area (Å²) >= 11 is 0. The highest BCUT2D eigenvalue weighted by atomic mass is 16.6. The van der Waals surface area contributed by atoms with E-state index >= 15 is 0 Å².